The molecule has 0 aromatic carbocycles. The van der Waals surface area contributed by atoms with E-state index in [-0.39, 0.29) is 0 Å². The van der Waals surface area contributed by atoms with Crippen LogP contribution in [0.2, 0.25) is 0 Å². The predicted molar refractivity (Wildman–Crippen MR) is 88.1 cm³/mol. The van der Waals surface area contributed by atoms with Crippen LogP contribution in [-0.4, -0.2) is 31.1 Å². The van der Waals surface area contributed by atoms with Gasteiger partial charge in [0.2, 0.25) is 0 Å². The Kier molecular flexibility index (Phi) is 6.33. The fourth-order valence-electron chi connectivity index (χ4n) is 2.85. The van der Waals surface area contributed by atoms with Crippen molar-refractivity contribution in [2.75, 3.05) is 26.2 Å². The van der Waals surface area contributed by atoms with E-state index in [1.807, 2.05) is 11.3 Å². The molecule has 1 aromatic rings. The highest BCUT2D eigenvalue weighted by molar-refractivity contribution is 9.11. The quantitative estimate of drug-likeness (QED) is 0.745. The van der Waals surface area contributed by atoms with Crippen LogP contribution < -0.4 is 5.32 Å². The van der Waals surface area contributed by atoms with Gasteiger partial charge in [-0.2, -0.15) is 0 Å². The van der Waals surface area contributed by atoms with E-state index >= 15 is 0 Å². The average Bonchev–Trinajstić information content (AvgIpc) is 2.80. The van der Waals surface area contributed by atoms with Gasteiger partial charge in [-0.1, -0.05) is 13.8 Å². The van der Waals surface area contributed by atoms with Crippen LogP contribution in [-0.2, 0) is 6.42 Å². The normalized spacial score (nSPS) is 18.8. The largest absolute Gasteiger partial charge is 0.310 e. The number of halogens is 1. The molecule has 4 heteroatoms. The van der Waals surface area contributed by atoms with E-state index in [9.17, 15) is 0 Å². The second kappa shape index (κ2) is 7.77. The topological polar surface area (TPSA) is 15.3 Å². The average molecular weight is 345 g/mol. The van der Waals surface area contributed by atoms with E-state index in [1.54, 1.807) is 10.4 Å². The molecule has 19 heavy (non-hydrogen) atoms. The van der Waals surface area contributed by atoms with E-state index in [4.69, 9.17) is 0 Å². The van der Waals surface area contributed by atoms with Crippen molar-refractivity contribution in [3.63, 3.8) is 0 Å². The van der Waals surface area contributed by atoms with Gasteiger partial charge in [-0.15, -0.1) is 11.3 Å². The molecule has 1 heterocycles. The van der Waals surface area contributed by atoms with E-state index < -0.39 is 0 Å². The van der Waals surface area contributed by atoms with Gasteiger partial charge in [0.1, 0.15) is 0 Å². The maximum Gasteiger partial charge on any atom is 0.0704 e. The molecule has 0 saturated carbocycles. The van der Waals surface area contributed by atoms with Gasteiger partial charge < -0.3 is 10.2 Å². The summed E-state index contributed by atoms with van der Waals surface area (Å²) >= 11 is 5.54. The summed E-state index contributed by atoms with van der Waals surface area (Å²) in [5, 5.41) is 3.75. The molecular formula is C15H25BrN2S. The van der Waals surface area contributed by atoms with E-state index in [1.165, 1.54) is 49.1 Å². The molecule has 0 saturated heterocycles. The summed E-state index contributed by atoms with van der Waals surface area (Å²) in [6.45, 7) is 9.17. The van der Waals surface area contributed by atoms with Crippen LogP contribution in [0, 0.1) is 0 Å². The number of rotatable bonds is 7. The first kappa shape index (κ1) is 15.5. The van der Waals surface area contributed by atoms with Crippen LogP contribution in [0.3, 0.4) is 0 Å². The van der Waals surface area contributed by atoms with E-state index in [0.29, 0.717) is 6.04 Å². The Morgan fingerprint density at radius 2 is 2.21 bits per heavy atom. The molecule has 1 aromatic heterocycles. The molecule has 2 rings (SSSR count). The minimum Gasteiger partial charge on any atom is -0.310 e. The van der Waals surface area contributed by atoms with E-state index in [2.05, 4.69) is 46.1 Å². The number of thiophene rings is 1. The molecule has 1 N–H and O–H groups in total. The van der Waals surface area contributed by atoms with Gasteiger partial charge in [-0.05, 0) is 79.4 Å². The molecule has 108 valence electrons. The Morgan fingerprint density at radius 1 is 1.42 bits per heavy atom. The van der Waals surface area contributed by atoms with Crippen molar-refractivity contribution in [1.29, 1.82) is 0 Å². The highest BCUT2D eigenvalue weighted by Gasteiger charge is 2.21. The lowest BCUT2D eigenvalue weighted by Crippen LogP contribution is -2.29. The molecule has 0 aliphatic heterocycles. The van der Waals surface area contributed by atoms with Crippen LogP contribution in [0.25, 0.3) is 0 Å². The lowest BCUT2D eigenvalue weighted by Gasteiger charge is -2.24. The summed E-state index contributed by atoms with van der Waals surface area (Å²) in [6.07, 6.45) is 5.14. The van der Waals surface area contributed by atoms with Gasteiger partial charge in [-0.25, -0.2) is 0 Å². The molecule has 1 aliphatic carbocycles. The Labute approximate surface area is 129 Å². The summed E-state index contributed by atoms with van der Waals surface area (Å²) in [6, 6.07) is 2.91. The third kappa shape index (κ3) is 4.28. The number of hydrogen-bond acceptors (Lipinski definition) is 3. The molecule has 0 fully saturated rings. The van der Waals surface area contributed by atoms with Crippen LogP contribution in [0.4, 0.5) is 0 Å². The first-order valence-electron chi connectivity index (χ1n) is 7.48. The molecule has 0 spiro atoms. The minimum absolute atomic E-state index is 0.586. The maximum absolute atomic E-state index is 3.75. The highest BCUT2D eigenvalue weighted by atomic mass is 79.9. The molecule has 0 radical (unpaired) electrons. The molecular weight excluding hydrogens is 320 g/mol. The SMILES string of the molecule is CCN(CC)CCCNC1CCCc2sc(Br)cc21. The third-order valence-corrected chi connectivity index (χ3v) is 5.73. The fourth-order valence-corrected chi connectivity index (χ4v) is 4.67. The van der Waals surface area contributed by atoms with Gasteiger partial charge in [-0.3, -0.25) is 0 Å². The van der Waals surface area contributed by atoms with Crippen molar-refractivity contribution >= 4 is 27.3 Å². The van der Waals surface area contributed by atoms with Gasteiger partial charge in [0.05, 0.1) is 3.79 Å². The minimum atomic E-state index is 0.586. The van der Waals surface area contributed by atoms with Crippen molar-refractivity contribution in [1.82, 2.24) is 10.2 Å². The second-order valence-corrected chi connectivity index (χ2v) is 7.72. The molecule has 0 amide bonds. The second-order valence-electron chi connectivity index (χ2n) is 5.21. The Bertz CT molecular complexity index is 387. The van der Waals surface area contributed by atoms with Gasteiger partial charge in [0.15, 0.2) is 0 Å². The molecule has 2 nitrogen and oxygen atoms in total. The molecule has 1 unspecified atom stereocenters. The summed E-state index contributed by atoms with van der Waals surface area (Å²) < 4.78 is 1.29. The number of aryl methyl sites for hydroxylation is 1. The van der Waals surface area contributed by atoms with Crippen LogP contribution in [0.15, 0.2) is 9.85 Å². The van der Waals surface area contributed by atoms with Gasteiger partial charge in [0, 0.05) is 10.9 Å². The van der Waals surface area contributed by atoms with Crippen LogP contribution in [0.1, 0.15) is 49.6 Å². The van der Waals surface area contributed by atoms with Crippen molar-refractivity contribution in [3.05, 3.63) is 20.3 Å². The van der Waals surface area contributed by atoms with Crippen molar-refractivity contribution in [3.8, 4) is 0 Å². The lowest BCUT2D eigenvalue weighted by molar-refractivity contribution is 0.294. The number of nitrogens with one attached hydrogen (secondary N) is 1. The highest BCUT2D eigenvalue weighted by Crippen LogP contribution is 2.37. The summed E-state index contributed by atoms with van der Waals surface area (Å²) in [4.78, 5) is 4.08. The zero-order valence-electron chi connectivity index (χ0n) is 12.0. The Morgan fingerprint density at radius 3 is 2.95 bits per heavy atom. The van der Waals surface area contributed by atoms with Crippen molar-refractivity contribution in [2.24, 2.45) is 0 Å². The molecule has 1 aliphatic rings. The zero-order chi connectivity index (χ0) is 13.7. The Balaban J connectivity index is 1.78. The summed E-state index contributed by atoms with van der Waals surface area (Å²) in [5.41, 5.74) is 1.55. The molecule has 1 atom stereocenters. The smallest absolute Gasteiger partial charge is 0.0704 e. The zero-order valence-corrected chi connectivity index (χ0v) is 14.4. The number of fused-ring (bicyclic) bond motifs is 1. The summed E-state index contributed by atoms with van der Waals surface area (Å²) in [5.74, 6) is 0. The lowest BCUT2D eigenvalue weighted by atomic mass is 9.94. The summed E-state index contributed by atoms with van der Waals surface area (Å²) in [7, 11) is 0. The first-order valence-corrected chi connectivity index (χ1v) is 9.09. The third-order valence-electron chi connectivity index (χ3n) is 4.02. The monoisotopic (exact) mass is 344 g/mol. The molecule has 0 bridgehead atoms. The first-order chi connectivity index (χ1) is 9.24. The number of nitrogens with zero attached hydrogens (tertiary/aromatic N) is 1. The standard InChI is InChI=1S/C15H25BrN2S/c1-3-18(4-2)10-6-9-17-13-7-5-8-14-12(13)11-15(16)19-14/h11,13,17H,3-10H2,1-2H3. The van der Waals surface area contributed by atoms with Crippen LogP contribution in [0.5, 0.6) is 0 Å². The maximum atomic E-state index is 3.75. The predicted octanol–water partition coefficient (Wildman–Crippen LogP) is 4.21. The van der Waals surface area contributed by atoms with Crippen LogP contribution >= 0.6 is 27.3 Å². The fraction of sp³-hybridized carbons (Fsp3) is 0.733. The van der Waals surface area contributed by atoms with Gasteiger partial charge in [0.25, 0.3) is 0 Å². The van der Waals surface area contributed by atoms with Crippen molar-refractivity contribution < 1.29 is 0 Å². The van der Waals surface area contributed by atoms with Crippen molar-refractivity contribution in [2.45, 2.75) is 45.6 Å². The van der Waals surface area contributed by atoms with Gasteiger partial charge >= 0.3 is 0 Å². The van der Waals surface area contributed by atoms with E-state index in [0.717, 1.165) is 6.54 Å². The number of hydrogen-bond donors (Lipinski definition) is 1. The Hall–Kier alpha value is 0.100.